The minimum atomic E-state index is -1.28. The van der Waals surface area contributed by atoms with Crippen molar-refractivity contribution in [2.75, 3.05) is 0 Å². The summed E-state index contributed by atoms with van der Waals surface area (Å²) in [5.41, 5.74) is -0.797. The van der Waals surface area contributed by atoms with Crippen LogP contribution in [0.1, 0.15) is 31.7 Å². The monoisotopic (exact) mass is 382 g/mol. The van der Waals surface area contributed by atoms with E-state index in [0.717, 1.165) is 11.3 Å². The minimum Gasteiger partial charge on any atom is -0.319 e. The van der Waals surface area contributed by atoms with Gasteiger partial charge in [-0.15, -0.1) is 5.10 Å². The number of aryl methyl sites for hydroxylation is 1. The van der Waals surface area contributed by atoms with E-state index in [1.165, 1.54) is 6.07 Å². The number of carbonyl (C=O) groups is 2. The fourth-order valence-electron chi connectivity index (χ4n) is 2.78. The van der Waals surface area contributed by atoms with Gasteiger partial charge in [-0.2, -0.15) is 0 Å². The van der Waals surface area contributed by atoms with Crippen molar-refractivity contribution in [3.8, 4) is 0 Å². The Morgan fingerprint density at radius 2 is 2.04 bits per heavy atom. The lowest BCUT2D eigenvalue weighted by Crippen LogP contribution is -2.41. The standard InChI is InChI=1S/C15H16Cl2N6O2/c1-3-6-23-12(19-20-21-23)8-22-13(24)15(2,18-14(22)25)10-5-4-9(16)7-11(10)17/h4-5,7H,3,6,8H2,1-2H3,(H,18,25). The first kappa shape index (κ1) is 17.6. The Morgan fingerprint density at radius 1 is 1.28 bits per heavy atom. The van der Waals surface area contributed by atoms with Gasteiger partial charge in [-0.3, -0.25) is 9.69 Å². The highest BCUT2D eigenvalue weighted by Gasteiger charge is 2.50. The number of halogens is 2. The summed E-state index contributed by atoms with van der Waals surface area (Å²) in [5.74, 6) is 0.0181. The van der Waals surface area contributed by atoms with Crippen LogP contribution in [0.3, 0.4) is 0 Å². The molecule has 3 amide bonds. The topological polar surface area (TPSA) is 93.0 Å². The van der Waals surface area contributed by atoms with Crippen molar-refractivity contribution in [2.45, 2.75) is 38.9 Å². The molecule has 10 heteroatoms. The van der Waals surface area contributed by atoms with Gasteiger partial charge in [-0.05, 0) is 35.9 Å². The number of nitrogens with one attached hydrogen (secondary N) is 1. The molecule has 1 aliphatic rings. The lowest BCUT2D eigenvalue weighted by Gasteiger charge is -2.23. The second-order valence-corrected chi connectivity index (χ2v) is 6.73. The molecule has 1 aliphatic heterocycles. The summed E-state index contributed by atoms with van der Waals surface area (Å²) < 4.78 is 1.57. The molecule has 8 nitrogen and oxygen atoms in total. The number of imide groups is 1. The molecule has 1 unspecified atom stereocenters. The highest BCUT2D eigenvalue weighted by molar-refractivity contribution is 6.35. The van der Waals surface area contributed by atoms with Crippen LogP contribution in [0.25, 0.3) is 0 Å². The second kappa shape index (κ2) is 6.61. The molecule has 0 radical (unpaired) electrons. The van der Waals surface area contributed by atoms with Gasteiger partial charge in [-0.25, -0.2) is 9.48 Å². The highest BCUT2D eigenvalue weighted by atomic mass is 35.5. The van der Waals surface area contributed by atoms with E-state index < -0.39 is 17.5 Å². The average molecular weight is 383 g/mol. The SMILES string of the molecule is CCCn1nnnc1CN1C(=O)NC(C)(c2ccc(Cl)cc2Cl)C1=O. The van der Waals surface area contributed by atoms with E-state index in [4.69, 9.17) is 23.2 Å². The minimum absolute atomic E-state index is 0.0154. The number of hydrogen-bond donors (Lipinski definition) is 1. The maximum Gasteiger partial charge on any atom is 0.325 e. The van der Waals surface area contributed by atoms with Crippen molar-refractivity contribution in [2.24, 2.45) is 0 Å². The van der Waals surface area contributed by atoms with Gasteiger partial charge in [0.15, 0.2) is 5.82 Å². The molecule has 1 fully saturated rings. The Bertz CT molecular complexity index is 839. The zero-order valence-corrected chi connectivity index (χ0v) is 15.2. The predicted octanol–water partition coefficient (Wildman–Crippen LogP) is 2.36. The number of tetrazole rings is 1. The average Bonchev–Trinajstić information content (AvgIpc) is 3.06. The van der Waals surface area contributed by atoms with Crippen molar-refractivity contribution in [1.29, 1.82) is 0 Å². The Labute approximate surface area is 154 Å². The molecular formula is C15H16Cl2N6O2. The van der Waals surface area contributed by atoms with Crippen LogP contribution in [-0.4, -0.2) is 37.0 Å². The van der Waals surface area contributed by atoms with Crippen LogP contribution in [0.2, 0.25) is 10.0 Å². The van der Waals surface area contributed by atoms with Gasteiger partial charge in [0.2, 0.25) is 0 Å². The number of amides is 3. The molecule has 1 saturated heterocycles. The first-order chi connectivity index (χ1) is 11.9. The maximum atomic E-state index is 12.9. The third kappa shape index (κ3) is 3.07. The third-order valence-electron chi connectivity index (χ3n) is 4.09. The lowest BCUT2D eigenvalue weighted by atomic mass is 9.92. The second-order valence-electron chi connectivity index (χ2n) is 5.89. The Morgan fingerprint density at radius 3 is 2.72 bits per heavy atom. The molecule has 0 aliphatic carbocycles. The Hall–Kier alpha value is -2.19. The molecule has 2 heterocycles. The third-order valence-corrected chi connectivity index (χ3v) is 4.63. The van der Waals surface area contributed by atoms with Crippen LogP contribution in [0.5, 0.6) is 0 Å². The number of nitrogens with zero attached hydrogens (tertiary/aromatic N) is 5. The van der Waals surface area contributed by atoms with Crippen LogP contribution >= 0.6 is 23.2 Å². The van der Waals surface area contributed by atoms with E-state index >= 15 is 0 Å². The smallest absolute Gasteiger partial charge is 0.319 e. The van der Waals surface area contributed by atoms with Crippen molar-refractivity contribution in [3.05, 3.63) is 39.6 Å². The summed E-state index contributed by atoms with van der Waals surface area (Å²) in [6.07, 6.45) is 0.830. The summed E-state index contributed by atoms with van der Waals surface area (Å²) in [4.78, 5) is 26.4. The van der Waals surface area contributed by atoms with E-state index in [1.54, 1.807) is 23.7 Å². The fraction of sp³-hybridized carbons (Fsp3) is 0.400. The summed E-state index contributed by atoms with van der Waals surface area (Å²) in [6.45, 7) is 4.18. The molecule has 0 saturated carbocycles. The Kier molecular flexibility index (Phi) is 4.66. The largest absolute Gasteiger partial charge is 0.325 e. The normalized spacial score (nSPS) is 20.2. The molecule has 0 spiro atoms. The molecular weight excluding hydrogens is 367 g/mol. The molecule has 0 bridgehead atoms. The van der Waals surface area contributed by atoms with Gasteiger partial charge in [0.1, 0.15) is 5.54 Å². The number of urea groups is 1. The van der Waals surface area contributed by atoms with Crippen molar-refractivity contribution in [1.82, 2.24) is 30.4 Å². The number of carbonyl (C=O) groups excluding carboxylic acids is 2. The fourth-order valence-corrected chi connectivity index (χ4v) is 3.38. The molecule has 2 aromatic rings. The lowest BCUT2D eigenvalue weighted by molar-refractivity contribution is -0.131. The molecule has 1 atom stereocenters. The zero-order chi connectivity index (χ0) is 18.2. The molecule has 3 rings (SSSR count). The first-order valence-corrected chi connectivity index (χ1v) is 8.47. The van der Waals surface area contributed by atoms with Gasteiger partial charge in [0, 0.05) is 22.2 Å². The number of hydrogen-bond acceptors (Lipinski definition) is 5. The zero-order valence-electron chi connectivity index (χ0n) is 13.7. The number of rotatable bonds is 5. The van der Waals surface area contributed by atoms with Gasteiger partial charge >= 0.3 is 6.03 Å². The maximum absolute atomic E-state index is 12.9. The quantitative estimate of drug-likeness (QED) is 0.801. The summed E-state index contributed by atoms with van der Waals surface area (Å²) >= 11 is 12.1. The van der Waals surface area contributed by atoms with Crippen LogP contribution < -0.4 is 5.32 Å². The van der Waals surface area contributed by atoms with E-state index in [2.05, 4.69) is 20.8 Å². The number of benzene rings is 1. The van der Waals surface area contributed by atoms with E-state index in [-0.39, 0.29) is 6.54 Å². The van der Waals surface area contributed by atoms with Gasteiger partial charge < -0.3 is 5.32 Å². The molecule has 1 aromatic heterocycles. The number of aromatic nitrogens is 4. The molecule has 25 heavy (non-hydrogen) atoms. The van der Waals surface area contributed by atoms with Crippen LogP contribution in [0.15, 0.2) is 18.2 Å². The van der Waals surface area contributed by atoms with E-state index in [1.807, 2.05) is 6.92 Å². The summed E-state index contributed by atoms with van der Waals surface area (Å²) in [6, 6.07) is 4.27. The van der Waals surface area contributed by atoms with Crippen molar-refractivity contribution >= 4 is 35.1 Å². The van der Waals surface area contributed by atoms with Crippen LogP contribution in [-0.2, 0) is 23.4 Å². The summed E-state index contributed by atoms with van der Waals surface area (Å²) in [7, 11) is 0. The van der Waals surface area contributed by atoms with Crippen LogP contribution in [0, 0.1) is 0 Å². The molecule has 132 valence electrons. The first-order valence-electron chi connectivity index (χ1n) is 7.71. The van der Waals surface area contributed by atoms with Gasteiger partial charge in [-0.1, -0.05) is 36.2 Å². The Balaban J connectivity index is 1.90. The van der Waals surface area contributed by atoms with Gasteiger partial charge in [0.25, 0.3) is 5.91 Å². The van der Waals surface area contributed by atoms with E-state index in [9.17, 15) is 9.59 Å². The summed E-state index contributed by atoms with van der Waals surface area (Å²) in [5, 5.41) is 14.8. The van der Waals surface area contributed by atoms with Crippen LogP contribution in [0.4, 0.5) is 4.79 Å². The van der Waals surface area contributed by atoms with Gasteiger partial charge in [0.05, 0.1) is 6.54 Å². The predicted molar refractivity (Wildman–Crippen MR) is 91.0 cm³/mol. The molecule has 1 aromatic carbocycles. The van der Waals surface area contributed by atoms with Crippen molar-refractivity contribution in [3.63, 3.8) is 0 Å². The molecule has 1 N–H and O–H groups in total. The van der Waals surface area contributed by atoms with E-state index in [0.29, 0.717) is 28.0 Å². The van der Waals surface area contributed by atoms with Crippen molar-refractivity contribution < 1.29 is 9.59 Å². The highest BCUT2D eigenvalue weighted by Crippen LogP contribution is 2.35.